The van der Waals surface area contributed by atoms with Crippen molar-refractivity contribution in [2.45, 2.75) is 49.6 Å². The van der Waals surface area contributed by atoms with Gasteiger partial charge in [0, 0.05) is 24.0 Å². The van der Waals surface area contributed by atoms with Crippen molar-refractivity contribution in [2.24, 2.45) is 0 Å². The summed E-state index contributed by atoms with van der Waals surface area (Å²) in [6.07, 6.45) is 7.15. The van der Waals surface area contributed by atoms with Gasteiger partial charge in [-0.15, -0.1) is 0 Å². The van der Waals surface area contributed by atoms with E-state index < -0.39 is 10.0 Å². The number of carbonyl (C=O) groups is 1. The first kappa shape index (κ1) is 18.5. The minimum atomic E-state index is -3.62. The smallest absolute Gasteiger partial charge is 0.251 e. The summed E-state index contributed by atoms with van der Waals surface area (Å²) in [7, 11) is -3.62. The molecule has 3 rings (SSSR count). The van der Waals surface area contributed by atoms with Crippen LogP contribution in [0.4, 0.5) is 0 Å². The van der Waals surface area contributed by atoms with Crippen molar-refractivity contribution >= 4 is 15.9 Å². The zero-order valence-electron chi connectivity index (χ0n) is 14.7. The Morgan fingerprint density at radius 2 is 1.85 bits per heavy atom. The minimum absolute atomic E-state index is 0.0100. The number of aromatic nitrogens is 1. The maximum absolute atomic E-state index is 12.6. The van der Waals surface area contributed by atoms with Crippen LogP contribution in [0, 0.1) is 0 Å². The molecule has 1 aromatic heterocycles. The van der Waals surface area contributed by atoms with E-state index in [4.69, 9.17) is 0 Å². The second-order valence-corrected chi connectivity index (χ2v) is 8.32. The Morgan fingerprint density at radius 1 is 1.15 bits per heavy atom. The fraction of sp³-hybridized carbons (Fsp3) is 0.368. The Hall–Kier alpha value is -2.25. The molecule has 138 valence electrons. The molecule has 7 heteroatoms. The summed E-state index contributed by atoms with van der Waals surface area (Å²) in [4.78, 5) is 16.6. The molecule has 0 radical (unpaired) electrons. The van der Waals surface area contributed by atoms with E-state index in [1.165, 1.54) is 12.1 Å². The van der Waals surface area contributed by atoms with Crippen LogP contribution in [0.1, 0.15) is 54.6 Å². The molecule has 1 aromatic carbocycles. The molecule has 1 aliphatic carbocycles. The predicted molar refractivity (Wildman–Crippen MR) is 99.1 cm³/mol. The van der Waals surface area contributed by atoms with E-state index in [0.717, 1.165) is 31.2 Å². The van der Waals surface area contributed by atoms with Crippen molar-refractivity contribution in [3.05, 3.63) is 59.9 Å². The Labute approximate surface area is 154 Å². The van der Waals surface area contributed by atoms with E-state index in [1.807, 2.05) is 19.1 Å². The molecule has 1 fully saturated rings. The summed E-state index contributed by atoms with van der Waals surface area (Å²) in [5.41, 5.74) is 1.25. The van der Waals surface area contributed by atoms with E-state index in [-0.39, 0.29) is 22.9 Å². The molecule has 0 aliphatic heterocycles. The number of hydrogen-bond acceptors (Lipinski definition) is 4. The Morgan fingerprint density at radius 3 is 2.54 bits per heavy atom. The van der Waals surface area contributed by atoms with E-state index in [2.05, 4.69) is 15.0 Å². The molecule has 0 saturated heterocycles. The number of amides is 1. The molecule has 0 spiro atoms. The highest BCUT2D eigenvalue weighted by Gasteiger charge is 2.23. The molecule has 1 aliphatic rings. The van der Waals surface area contributed by atoms with Gasteiger partial charge in [-0.25, -0.2) is 13.1 Å². The van der Waals surface area contributed by atoms with E-state index in [0.29, 0.717) is 5.56 Å². The standard InChI is InChI=1S/C19H23N3O3S/c1-14(15-9-11-20-12-10-15)21-19(23)16-5-4-8-18(13-16)26(24,25)22-17-6-2-3-7-17/h4-5,8-14,17,22H,2-3,6-7H2,1H3,(H,21,23). The summed E-state index contributed by atoms with van der Waals surface area (Å²) in [6, 6.07) is 9.59. The van der Waals surface area contributed by atoms with Crippen LogP contribution in [0.2, 0.25) is 0 Å². The highest BCUT2D eigenvalue weighted by atomic mass is 32.2. The SMILES string of the molecule is CC(NC(=O)c1cccc(S(=O)(=O)NC2CCCC2)c1)c1ccncc1. The molecule has 2 N–H and O–H groups in total. The summed E-state index contributed by atoms with van der Waals surface area (Å²) in [5.74, 6) is -0.313. The molecule has 1 saturated carbocycles. The number of nitrogens with one attached hydrogen (secondary N) is 2. The normalized spacial score (nSPS) is 16.3. The van der Waals surface area contributed by atoms with Crippen LogP contribution >= 0.6 is 0 Å². The van der Waals surface area contributed by atoms with Crippen molar-refractivity contribution in [1.29, 1.82) is 0 Å². The number of pyridine rings is 1. The van der Waals surface area contributed by atoms with Crippen LogP contribution < -0.4 is 10.0 Å². The monoisotopic (exact) mass is 373 g/mol. The maximum atomic E-state index is 12.6. The highest BCUT2D eigenvalue weighted by Crippen LogP contribution is 2.21. The van der Waals surface area contributed by atoms with Gasteiger partial charge in [0.1, 0.15) is 0 Å². The molecule has 6 nitrogen and oxygen atoms in total. The molecule has 1 amide bonds. The zero-order valence-corrected chi connectivity index (χ0v) is 15.5. The number of nitrogens with zero attached hydrogens (tertiary/aromatic N) is 1. The van der Waals surface area contributed by atoms with Gasteiger partial charge in [-0.3, -0.25) is 9.78 Å². The van der Waals surface area contributed by atoms with Gasteiger partial charge in [-0.05, 0) is 55.7 Å². The third-order valence-corrected chi connectivity index (χ3v) is 6.16. The van der Waals surface area contributed by atoms with Gasteiger partial charge in [-0.2, -0.15) is 0 Å². The van der Waals surface area contributed by atoms with Crippen LogP contribution in [0.15, 0.2) is 53.7 Å². The average molecular weight is 373 g/mol. The number of benzene rings is 1. The molecule has 1 heterocycles. The third kappa shape index (κ3) is 4.47. The van der Waals surface area contributed by atoms with Crippen molar-refractivity contribution in [1.82, 2.24) is 15.0 Å². The Bertz CT molecular complexity index is 863. The van der Waals surface area contributed by atoms with Crippen LogP contribution in [0.25, 0.3) is 0 Å². The van der Waals surface area contributed by atoms with Gasteiger partial charge in [0.05, 0.1) is 10.9 Å². The number of sulfonamides is 1. The van der Waals surface area contributed by atoms with Gasteiger partial charge in [-0.1, -0.05) is 18.9 Å². The lowest BCUT2D eigenvalue weighted by molar-refractivity contribution is 0.0939. The second-order valence-electron chi connectivity index (χ2n) is 6.61. The lowest BCUT2D eigenvalue weighted by Gasteiger charge is -2.15. The maximum Gasteiger partial charge on any atom is 0.251 e. The molecule has 26 heavy (non-hydrogen) atoms. The predicted octanol–water partition coefficient (Wildman–Crippen LogP) is 2.79. The van der Waals surface area contributed by atoms with Gasteiger partial charge < -0.3 is 5.32 Å². The second kappa shape index (κ2) is 7.97. The van der Waals surface area contributed by atoms with Crippen molar-refractivity contribution in [3.8, 4) is 0 Å². The molecular formula is C19H23N3O3S. The molecule has 2 aromatic rings. The van der Waals surface area contributed by atoms with Gasteiger partial charge in [0.15, 0.2) is 0 Å². The third-order valence-electron chi connectivity index (χ3n) is 4.64. The van der Waals surface area contributed by atoms with Gasteiger partial charge >= 0.3 is 0 Å². The minimum Gasteiger partial charge on any atom is -0.346 e. The number of rotatable bonds is 6. The Balaban J connectivity index is 1.73. The van der Waals surface area contributed by atoms with E-state index in [1.54, 1.807) is 24.5 Å². The molecule has 0 bridgehead atoms. The zero-order chi connectivity index (χ0) is 18.6. The van der Waals surface area contributed by atoms with E-state index >= 15 is 0 Å². The lowest BCUT2D eigenvalue weighted by Crippen LogP contribution is -2.33. The fourth-order valence-electron chi connectivity index (χ4n) is 3.15. The molecule has 1 unspecified atom stereocenters. The van der Waals surface area contributed by atoms with Crippen molar-refractivity contribution in [2.75, 3.05) is 0 Å². The van der Waals surface area contributed by atoms with Crippen molar-refractivity contribution < 1.29 is 13.2 Å². The first-order valence-electron chi connectivity index (χ1n) is 8.79. The van der Waals surface area contributed by atoms with Crippen LogP contribution in [0.5, 0.6) is 0 Å². The first-order valence-corrected chi connectivity index (χ1v) is 10.3. The largest absolute Gasteiger partial charge is 0.346 e. The van der Waals surface area contributed by atoms with E-state index in [9.17, 15) is 13.2 Å². The molecular weight excluding hydrogens is 350 g/mol. The lowest BCUT2D eigenvalue weighted by atomic mass is 10.1. The fourth-order valence-corrected chi connectivity index (χ4v) is 4.50. The number of hydrogen-bond donors (Lipinski definition) is 2. The summed E-state index contributed by atoms with van der Waals surface area (Å²) < 4.78 is 27.9. The molecule has 1 atom stereocenters. The summed E-state index contributed by atoms with van der Waals surface area (Å²) in [6.45, 7) is 1.87. The van der Waals surface area contributed by atoms with Crippen LogP contribution in [-0.4, -0.2) is 25.4 Å². The van der Waals surface area contributed by atoms with Gasteiger partial charge in [0.25, 0.3) is 5.91 Å². The van der Waals surface area contributed by atoms with Crippen LogP contribution in [0.3, 0.4) is 0 Å². The van der Waals surface area contributed by atoms with Crippen molar-refractivity contribution in [3.63, 3.8) is 0 Å². The topological polar surface area (TPSA) is 88.2 Å². The summed E-state index contributed by atoms with van der Waals surface area (Å²) in [5, 5.41) is 2.88. The first-order chi connectivity index (χ1) is 12.5. The van der Waals surface area contributed by atoms with Gasteiger partial charge in [0.2, 0.25) is 10.0 Å². The number of carbonyl (C=O) groups excluding carboxylic acids is 1. The highest BCUT2D eigenvalue weighted by molar-refractivity contribution is 7.89. The van der Waals surface area contributed by atoms with Crippen LogP contribution in [-0.2, 0) is 10.0 Å². The Kier molecular flexibility index (Phi) is 5.68. The summed E-state index contributed by atoms with van der Waals surface area (Å²) >= 11 is 0. The average Bonchev–Trinajstić information content (AvgIpc) is 3.15. The quantitative estimate of drug-likeness (QED) is 0.815.